The number of nitrogens with one attached hydrogen (secondary N) is 2. The highest BCUT2D eigenvalue weighted by atomic mass is 16.6. The molecular weight excluding hydrogens is 260 g/mol. The highest BCUT2D eigenvalue weighted by Gasteiger charge is 2.32. The number of pyridine rings is 1. The van der Waals surface area contributed by atoms with Gasteiger partial charge >= 0.3 is 0 Å². The number of rotatable bonds is 6. The third-order valence-corrected chi connectivity index (χ3v) is 3.72. The van der Waals surface area contributed by atoms with Crippen molar-refractivity contribution in [3.63, 3.8) is 0 Å². The van der Waals surface area contributed by atoms with Gasteiger partial charge < -0.3 is 15.4 Å². The number of hydrogen-bond acceptors (Lipinski definition) is 6. The third-order valence-electron chi connectivity index (χ3n) is 3.72. The van der Waals surface area contributed by atoms with Gasteiger partial charge in [0.1, 0.15) is 12.0 Å². The van der Waals surface area contributed by atoms with Crippen molar-refractivity contribution in [2.45, 2.75) is 12.8 Å². The Morgan fingerprint density at radius 1 is 1.50 bits per heavy atom. The second-order valence-corrected chi connectivity index (χ2v) is 5.20. The van der Waals surface area contributed by atoms with Gasteiger partial charge in [-0.2, -0.15) is 0 Å². The summed E-state index contributed by atoms with van der Waals surface area (Å²) >= 11 is 0. The first-order chi connectivity index (χ1) is 9.65. The van der Waals surface area contributed by atoms with Crippen molar-refractivity contribution in [3.05, 3.63) is 28.4 Å². The molecule has 0 amide bonds. The predicted molar refractivity (Wildman–Crippen MR) is 75.8 cm³/mol. The molecule has 1 aliphatic heterocycles. The van der Waals surface area contributed by atoms with Crippen LogP contribution >= 0.6 is 0 Å². The van der Waals surface area contributed by atoms with Crippen LogP contribution in [-0.2, 0) is 4.74 Å². The van der Waals surface area contributed by atoms with Gasteiger partial charge in [-0.15, -0.1) is 0 Å². The van der Waals surface area contributed by atoms with Gasteiger partial charge in [-0.1, -0.05) is 0 Å². The normalized spacial score (nSPS) is 17.6. The first-order valence-corrected chi connectivity index (χ1v) is 6.69. The first kappa shape index (κ1) is 14.7. The van der Waals surface area contributed by atoms with Gasteiger partial charge in [0, 0.05) is 25.1 Å². The fraction of sp³-hybridized carbons (Fsp3) is 0.615. The average Bonchev–Trinajstić information content (AvgIpc) is 2.47. The van der Waals surface area contributed by atoms with Gasteiger partial charge in [-0.25, -0.2) is 4.98 Å². The minimum absolute atomic E-state index is 0.00372. The molecule has 1 fully saturated rings. The van der Waals surface area contributed by atoms with Crippen LogP contribution in [0.4, 0.5) is 11.5 Å². The Kier molecular flexibility index (Phi) is 4.86. The molecule has 20 heavy (non-hydrogen) atoms. The number of anilines is 1. The van der Waals surface area contributed by atoms with Crippen LogP contribution in [0.1, 0.15) is 12.8 Å². The zero-order valence-corrected chi connectivity index (χ0v) is 11.6. The minimum atomic E-state index is -0.448. The van der Waals surface area contributed by atoms with Gasteiger partial charge in [0.2, 0.25) is 0 Å². The SMILES string of the molecule is COCC1(CNc2ccc([N+](=O)[O-])cn2)CCNCC1. The number of nitro groups is 1. The molecule has 2 heterocycles. The van der Waals surface area contributed by atoms with Crippen molar-refractivity contribution in [2.24, 2.45) is 5.41 Å². The first-order valence-electron chi connectivity index (χ1n) is 6.69. The summed E-state index contributed by atoms with van der Waals surface area (Å²) < 4.78 is 5.35. The van der Waals surface area contributed by atoms with E-state index in [-0.39, 0.29) is 11.1 Å². The number of nitrogens with zero attached hydrogens (tertiary/aromatic N) is 2. The second kappa shape index (κ2) is 6.62. The largest absolute Gasteiger partial charge is 0.384 e. The Balaban J connectivity index is 1.96. The molecule has 7 heteroatoms. The number of piperidine rings is 1. The molecule has 0 radical (unpaired) electrons. The van der Waals surface area contributed by atoms with Crippen LogP contribution < -0.4 is 10.6 Å². The maximum Gasteiger partial charge on any atom is 0.287 e. The van der Waals surface area contributed by atoms with E-state index in [0.29, 0.717) is 12.4 Å². The lowest BCUT2D eigenvalue weighted by atomic mass is 9.79. The molecule has 0 spiro atoms. The molecule has 110 valence electrons. The van der Waals surface area contributed by atoms with E-state index in [2.05, 4.69) is 15.6 Å². The molecule has 7 nitrogen and oxygen atoms in total. The monoisotopic (exact) mass is 280 g/mol. The summed E-state index contributed by atoms with van der Waals surface area (Å²) in [5.41, 5.74) is 0.104. The van der Waals surface area contributed by atoms with Gasteiger partial charge in [0.15, 0.2) is 0 Å². The maximum absolute atomic E-state index is 10.6. The van der Waals surface area contributed by atoms with Crippen LogP contribution in [0, 0.1) is 15.5 Å². The Hall–Kier alpha value is -1.73. The molecule has 2 N–H and O–H groups in total. The smallest absolute Gasteiger partial charge is 0.287 e. The standard InChI is InChI=1S/C13H20N4O3/c1-20-10-13(4-6-14-7-5-13)9-16-12-3-2-11(8-15-12)17(18)19/h2-3,8,14H,4-7,9-10H2,1H3,(H,15,16). The van der Waals surface area contributed by atoms with Gasteiger partial charge in [-0.3, -0.25) is 10.1 Å². The summed E-state index contributed by atoms with van der Waals surface area (Å²) in [6, 6.07) is 3.10. The molecule has 2 rings (SSSR count). The van der Waals surface area contributed by atoms with E-state index in [4.69, 9.17) is 4.74 Å². The summed E-state index contributed by atoms with van der Waals surface area (Å²) in [5.74, 6) is 0.657. The maximum atomic E-state index is 10.6. The zero-order chi connectivity index (χ0) is 14.4. The van der Waals surface area contributed by atoms with Crippen molar-refractivity contribution < 1.29 is 9.66 Å². The summed E-state index contributed by atoms with van der Waals surface area (Å²) in [7, 11) is 1.72. The highest BCUT2D eigenvalue weighted by Crippen LogP contribution is 2.29. The fourth-order valence-corrected chi connectivity index (χ4v) is 2.51. The molecule has 0 bridgehead atoms. The van der Waals surface area contributed by atoms with E-state index in [1.165, 1.54) is 12.3 Å². The quantitative estimate of drug-likeness (QED) is 0.605. The molecule has 0 aliphatic carbocycles. The van der Waals surface area contributed by atoms with Crippen LogP contribution in [0.2, 0.25) is 0 Å². The second-order valence-electron chi connectivity index (χ2n) is 5.20. The number of ether oxygens (including phenoxy) is 1. The van der Waals surface area contributed by atoms with E-state index in [1.807, 2.05) is 0 Å². The molecule has 1 aromatic rings. The Morgan fingerprint density at radius 2 is 2.25 bits per heavy atom. The van der Waals surface area contributed by atoms with Crippen LogP contribution in [0.3, 0.4) is 0 Å². The Morgan fingerprint density at radius 3 is 2.80 bits per heavy atom. The Bertz CT molecular complexity index is 438. The van der Waals surface area contributed by atoms with Crippen LogP contribution in [0.25, 0.3) is 0 Å². The number of methoxy groups -OCH3 is 1. The minimum Gasteiger partial charge on any atom is -0.384 e. The van der Waals surface area contributed by atoms with E-state index >= 15 is 0 Å². The van der Waals surface area contributed by atoms with E-state index in [9.17, 15) is 10.1 Å². The van der Waals surface area contributed by atoms with Crippen LogP contribution in [0.15, 0.2) is 18.3 Å². The highest BCUT2D eigenvalue weighted by molar-refractivity contribution is 5.40. The van der Waals surface area contributed by atoms with Gasteiger partial charge in [0.05, 0.1) is 11.5 Å². The molecule has 0 saturated carbocycles. The van der Waals surface area contributed by atoms with Crippen molar-refractivity contribution in [1.29, 1.82) is 0 Å². The molecule has 1 aromatic heterocycles. The van der Waals surface area contributed by atoms with E-state index in [0.717, 1.165) is 32.5 Å². The topological polar surface area (TPSA) is 89.3 Å². The zero-order valence-electron chi connectivity index (χ0n) is 11.6. The van der Waals surface area contributed by atoms with Crippen molar-refractivity contribution in [1.82, 2.24) is 10.3 Å². The third kappa shape index (κ3) is 3.64. The number of aromatic nitrogens is 1. The summed E-state index contributed by atoms with van der Waals surface area (Å²) in [4.78, 5) is 14.2. The fourth-order valence-electron chi connectivity index (χ4n) is 2.51. The lowest BCUT2D eigenvalue weighted by molar-refractivity contribution is -0.385. The summed E-state index contributed by atoms with van der Waals surface area (Å²) in [5, 5.41) is 17.2. The van der Waals surface area contributed by atoms with Crippen molar-refractivity contribution >= 4 is 11.5 Å². The van der Waals surface area contributed by atoms with Crippen LogP contribution in [0.5, 0.6) is 0 Å². The molecule has 0 aromatic carbocycles. The van der Waals surface area contributed by atoms with Crippen molar-refractivity contribution in [2.75, 3.05) is 38.7 Å². The molecular formula is C13H20N4O3. The summed E-state index contributed by atoms with van der Waals surface area (Å²) in [6.45, 7) is 3.43. The summed E-state index contributed by atoms with van der Waals surface area (Å²) in [6.07, 6.45) is 3.36. The van der Waals surface area contributed by atoms with E-state index < -0.39 is 4.92 Å². The molecule has 1 saturated heterocycles. The van der Waals surface area contributed by atoms with E-state index in [1.54, 1.807) is 13.2 Å². The van der Waals surface area contributed by atoms with Gasteiger partial charge in [-0.05, 0) is 32.0 Å². The lowest BCUT2D eigenvalue weighted by Gasteiger charge is -2.37. The molecule has 0 unspecified atom stereocenters. The molecule has 0 atom stereocenters. The molecule has 1 aliphatic rings. The predicted octanol–water partition coefficient (Wildman–Crippen LogP) is 1.42. The Labute approximate surface area is 117 Å². The van der Waals surface area contributed by atoms with Crippen molar-refractivity contribution in [3.8, 4) is 0 Å². The van der Waals surface area contributed by atoms with Gasteiger partial charge in [0.25, 0.3) is 5.69 Å². The lowest BCUT2D eigenvalue weighted by Crippen LogP contribution is -2.44. The number of hydrogen-bond donors (Lipinski definition) is 2. The van der Waals surface area contributed by atoms with Crippen LogP contribution in [-0.4, -0.2) is 43.3 Å². The average molecular weight is 280 g/mol.